The van der Waals surface area contributed by atoms with Gasteiger partial charge in [0, 0.05) is 32.4 Å². The summed E-state index contributed by atoms with van der Waals surface area (Å²) in [6.07, 6.45) is 1.52. The van der Waals surface area contributed by atoms with Gasteiger partial charge in [0.2, 0.25) is 11.6 Å². The average molecular weight is 292 g/mol. The van der Waals surface area contributed by atoms with Crippen molar-refractivity contribution in [1.29, 1.82) is 0 Å². The summed E-state index contributed by atoms with van der Waals surface area (Å²) in [4.78, 5) is 32.9. The molecule has 1 saturated heterocycles. The fourth-order valence-corrected chi connectivity index (χ4v) is 2.83. The van der Waals surface area contributed by atoms with Gasteiger partial charge in [0.25, 0.3) is 0 Å². The number of fused-ring (bicyclic) bond motifs is 1. The van der Waals surface area contributed by atoms with Gasteiger partial charge in [-0.05, 0) is 19.2 Å². The van der Waals surface area contributed by atoms with Gasteiger partial charge in [0.15, 0.2) is 0 Å². The molecule has 104 valence electrons. The Morgan fingerprint density at radius 3 is 2.55 bits per heavy atom. The number of pyridine rings is 1. The van der Waals surface area contributed by atoms with Crippen molar-refractivity contribution >= 4 is 23.2 Å². The zero-order chi connectivity index (χ0) is 14.3. The summed E-state index contributed by atoms with van der Waals surface area (Å²) in [5.74, 6) is -0.571. The van der Waals surface area contributed by atoms with E-state index in [-0.39, 0.29) is 22.3 Å². The van der Waals surface area contributed by atoms with Crippen LogP contribution >= 0.6 is 11.6 Å². The summed E-state index contributed by atoms with van der Waals surface area (Å²) in [6, 6.07) is 3.22. The van der Waals surface area contributed by atoms with Crippen LogP contribution in [0.3, 0.4) is 0 Å². The lowest BCUT2D eigenvalue weighted by Gasteiger charge is -2.36. The van der Waals surface area contributed by atoms with Gasteiger partial charge in [0.05, 0.1) is 5.56 Å². The molecule has 1 aromatic rings. The van der Waals surface area contributed by atoms with Gasteiger partial charge < -0.3 is 9.80 Å². The first kappa shape index (κ1) is 13.3. The van der Waals surface area contributed by atoms with Crippen LogP contribution in [0.4, 0.5) is 0 Å². The molecule has 0 unspecified atom stereocenters. The van der Waals surface area contributed by atoms with E-state index in [1.165, 1.54) is 6.20 Å². The second kappa shape index (κ2) is 5.00. The lowest BCUT2D eigenvalue weighted by molar-refractivity contribution is 0.0918. The van der Waals surface area contributed by atoms with Crippen molar-refractivity contribution in [2.45, 2.75) is 0 Å². The van der Waals surface area contributed by atoms with Crippen molar-refractivity contribution in [1.82, 2.24) is 14.8 Å². The maximum absolute atomic E-state index is 12.5. The van der Waals surface area contributed by atoms with Gasteiger partial charge in [-0.15, -0.1) is 0 Å². The number of carbonyl (C=O) groups excluding carboxylic acids is 2. The van der Waals surface area contributed by atoms with Crippen molar-refractivity contribution in [2.75, 3.05) is 33.2 Å². The molecular formula is C14H14ClN3O2. The standard InChI is InChI=1S/C14H14ClN3O2/c1-17-5-7-18(8-6-17)12-10(15)13(19)9-3-2-4-16-11(9)14(12)20/h2-4H,5-8H2,1H3. The predicted octanol–water partition coefficient (Wildman–Crippen LogP) is 1.16. The van der Waals surface area contributed by atoms with Gasteiger partial charge in [0.1, 0.15) is 16.4 Å². The lowest BCUT2D eigenvalue weighted by atomic mass is 9.96. The number of likely N-dealkylation sites (N-methyl/N-ethyl adjacent to an activating group) is 1. The normalized spacial score (nSPS) is 20.4. The van der Waals surface area contributed by atoms with Gasteiger partial charge >= 0.3 is 0 Å². The molecule has 1 fully saturated rings. The Labute approximate surface area is 121 Å². The van der Waals surface area contributed by atoms with Crippen LogP contribution in [-0.4, -0.2) is 59.6 Å². The van der Waals surface area contributed by atoms with Crippen molar-refractivity contribution in [3.63, 3.8) is 0 Å². The van der Waals surface area contributed by atoms with E-state index in [1.807, 2.05) is 11.9 Å². The van der Waals surface area contributed by atoms with Crippen LogP contribution in [0.5, 0.6) is 0 Å². The molecule has 6 heteroatoms. The molecule has 3 rings (SSSR count). The Morgan fingerprint density at radius 1 is 1.15 bits per heavy atom. The number of piperazine rings is 1. The Morgan fingerprint density at radius 2 is 1.85 bits per heavy atom. The van der Waals surface area contributed by atoms with Crippen molar-refractivity contribution in [2.24, 2.45) is 0 Å². The van der Waals surface area contributed by atoms with E-state index in [9.17, 15) is 9.59 Å². The van der Waals surface area contributed by atoms with E-state index in [1.54, 1.807) is 12.1 Å². The number of nitrogens with zero attached hydrogens (tertiary/aromatic N) is 3. The number of rotatable bonds is 1. The van der Waals surface area contributed by atoms with E-state index in [4.69, 9.17) is 11.6 Å². The molecule has 2 heterocycles. The van der Waals surface area contributed by atoms with Crippen LogP contribution in [0.2, 0.25) is 0 Å². The molecule has 0 atom stereocenters. The molecule has 0 aromatic carbocycles. The van der Waals surface area contributed by atoms with Crippen LogP contribution < -0.4 is 0 Å². The van der Waals surface area contributed by atoms with E-state index in [0.29, 0.717) is 24.4 Å². The summed E-state index contributed by atoms with van der Waals surface area (Å²) < 4.78 is 0. The third kappa shape index (κ3) is 2.03. The number of Topliss-reactive ketones (excluding diaryl/α,β-unsaturated/α-hetero) is 2. The van der Waals surface area contributed by atoms with Crippen molar-refractivity contribution in [3.8, 4) is 0 Å². The number of halogens is 1. The summed E-state index contributed by atoms with van der Waals surface area (Å²) >= 11 is 6.15. The van der Waals surface area contributed by atoms with E-state index in [2.05, 4.69) is 9.88 Å². The summed E-state index contributed by atoms with van der Waals surface area (Å²) in [7, 11) is 2.03. The fourth-order valence-electron chi connectivity index (χ4n) is 2.52. The quantitative estimate of drug-likeness (QED) is 0.777. The smallest absolute Gasteiger partial charge is 0.229 e. The maximum atomic E-state index is 12.5. The van der Waals surface area contributed by atoms with E-state index in [0.717, 1.165) is 13.1 Å². The first-order chi connectivity index (χ1) is 9.59. The van der Waals surface area contributed by atoms with Crippen LogP contribution in [-0.2, 0) is 0 Å². The Balaban J connectivity index is 2.01. The molecule has 1 aliphatic carbocycles. The topological polar surface area (TPSA) is 53.5 Å². The minimum atomic E-state index is -0.316. The van der Waals surface area contributed by atoms with Crippen LogP contribution in [0, 0.1) is 0 Å². The van der Waals surface area contributed by atoms with Crippen molar-refractivity contribution in [3.05, 3.63) is 40.3 Å². The zero-order valence-electron chi connectivity index (χ0n) is 11.1. The SMILES string of the molecule is CN1CCN(C2=C(Cl)C(=O)c3cccnc3C2=O)CC1. The molecule has 0 amide bonds. The van der Waals surface area contributed by atoms with Crippen LogP contribution in [0.15, 0.2) is 29.1 Å². The number of ketones is 2. The minimum Gasteiger partial charge on any atom is -0.364 e. The summed E-state index contributed by atoms with van der Waals surface area (Å²) in [5, 5.41) is 0.0139. The predicted molar refractivity (Wildman–Crippen MR) is 74.8 cm³/mol. The largest absolute Gasteiger partial charge is 0.364 e. The Hall–Kier alpha value is -1.72. The Kier molecular flexibility index (Phi) is 3.31. The lowest BCUT2D eigenvalue weighted by Crippen LogP contribution is -2.46. The first-order valence-electron chi connectivity index (χ1n) is 6.47. The molecule has 5 nitrogen and oxygen atoms in total. The van der Waals surface area contributed by atoms with Crippen LogP contribution in [0.25, 0.3) is 0 Å². The minimum absolute atomic E-state index is 0.0139. The summed E-state index contributed by atoms with van der Waals surface area (Å²) in [6.45, 7) is 3.04. The molecule has 2 aliphatic rings. The number of allylic oxidation sites excluding steroid dienone is 2. The van der Waals surface area contributed by atoms with Gasteiger partial charge in [-0.3, -0.25) is 14.6 Å². The second-order valence-corrected chi connectivity index (χ2v) is 5.39. The molecule has 0 N–H and O–H groups in total. The molecule has 1 aliphatic heterocycles. The third-order valence-corrected chi connectivity index (χ3v) is 4.06. The molecule has 0 spiro atoms. The molecule has 0 radical (unpaired) electrons. The van der Waals surface area contributed by atoms with Gasteiger partial charge in [-0.1, -0.05) is 11.6 Å². The molecule has 20 heavy (non-hydrogen) atoms. The van der Waals surface area contributed by atoms with Crippen LogP contribution in [0.1, 0.15) is 20.8 Å². The second-order valence-electron chi connectivity index (χ2n) is 5.01. The highest BCUT2D eigenvalue weighted by atomic mass is 35.5. The zero-order valence-corrected chi connectivity index (χ0v) is 11.9. The number of aromatic nitrogens is 1. The monoisotopic (exact) mass is 291 g/mol. The molecule has 0 bridgehead atoms. The fraction of sp³-hybridized carbons (Fsp3) is 0.357. The number of carbonyl (C=O) groups is 2. The number of hydrogen-bond donors (Lipinski definition) is 0. The summed E-state index contributed by atoms with van der Waals surface area (Å²) in [5.41, 5.74) is 0.798. The maximum Gasteiger partial charge on any atom is 0.229 e. The molecular weight excluding hydrogens is 278 g/mol. The average Bonchev–Trinajstić information content (AvgIpc) is 2.47. The third-order valence-electron chi connectivity index (χ3n) is 3.71. The molecule has 1 aromatic heterocycles. The Bertz CT molecular complexity index is 619. The van der Waals surface area contributed by atoms with E-state index < -0.39 is 0 Å². The highest BCUT2D eigenvalue weighted by Gasteiger charge is 2.35. The highest BCUT2D eigenvalue weighted by molar-refractivity contribution is 6.49. The van der Waals surface area contributed by atoms with E-state index >= 15 is 0 Å². The number of hydrogen-bond acceptors (Lipinski definition) is 5. The highest BCUT2D eigenvalue weighted by Crippen LogP contribution is 2.29. The van der Waals surface area contributed by atoms with Gasteiger partial charge in [-0.25, -0.2) is 0 Å². The van der Waals surface area contributed by atoms with Crippen molar-refractivity contribution < 1.29 is 9.59 Å². The van der Waals surface area contributed by atoms with Gasteiger partial charge in [-0.2, -0.15) is 0 Å². The first-order valence-corrected chi connectivity index (χ1v) is 6.85. The molecule has 0 saturated carbocycles.